The minimum absolute atomic E-state index is 0.787. The fourth-order valence-corrected chi connectivity index (χ4v) is 2.01. The van der Waals surface area contributed by atoms with E-state index in [1.54, 1.807) is 11.3 Å². The zero-order valence-corrected chi connectivity index (χ0v) is 9.60. The van der Waals surface area contributed by atoms with E-state index < -0.39 is 0 Å². The van der Waals surface area contributed by atoms with Crippen LogP contribution in [0.15, 0.2) is 22.5 Å². The molecule has 4 heteroatoms. The molecule has 1 N–H and O–H groups in total. The molecule has 0 aromatic carbocycles. The third kappa shape index (κ3) is 3.72. The molecule has 1 aromatic heterocycles. The summed E-state index contributed by atoms with van der Waals surface area (Å²) in [6.07, 6.45) is 0. The molecule has 0 radical (unpaired) electrons. The maximum absolute atomic E-state index is 5.76. The maximum atomic E-state index is 5.76. The minimum Gasteiger partial charge on any atom is -0.307 e. The molecule has 0 aliphatic heterocycles. The predicted molar refractivity (Wildman–Crippen MR) is 59.1 cm³/mol. The summed E-state index contributed by atoms with van der Waals surface area (Å²) in [6.45, 7) is 5.36. The summed E-state index contributed by atoms with van der Waals surface area (Å²) >= 11 is 10.7. The lowest BCUT2D eigenvalue weighted by molar-refractivity contribution is 0.767. The summed E-state index contributed by atoms with van der Waals surface area (Å²) in [5.74, 6) is 0. The van der Waals surface area contributed by atoms with Gasteiger partial charge in [-0.2, -0.15) is 0 Å². The van der Waals surface area contributed by atoms with Gasteiger partial charge in [0.15, 0.2) is 0 Å². The molecule has 0 bridgehead atoms. The van der Waals surface area contributed by atoms with E-state index >= 15 is 0 Å². The minimum atomic E-state index is 0.787. The van der Waals surface area contributed by atoms with Crippen LogP contribution in [0.4, 0.5) is 0 Å². The summed E-state index contributed by atoms with van der Waals surface area (Å²) in [7, 11) is 0. The highest BCUT2D eigenvalue weighted by Gasteiger charge is 1.96. The topological polar surface area (TPSA) is 12.0 Å². The highest BCUT2D eigenvalue weighted by Crippen LogP contribution is 2.18. The van der Waals surface area contributed by atoms with Gasteiger partial charge in [-0.3, -0.25) is 0 Å². The quantitative estimate of drug-likeness (QED) is 0.881. The van der Waals surface area contributed by atoms with Crippen molar-refractivity contribution in [2.45, 2.75) is 6.54 Å². The van der Waals surface area contributed by atoms with Crippen LogP contribution in [0.1, 0.15) is 4.88 Å². The molecule has 0 aliphatic carbocycles. The molecule has 1 aromatic rings. The molecule has 12 heavy (non-hydrogen) atoms. The normalized spacial score (nSPS) is 10.2. The van der Waals surface area contributed by atoms with Crippen LogP contribution in [0.2, 0.25) is 5.02 Å². The Bertz CT molecular complexity index is 272. The van der Waals surface area contributed by atoms with Gasteiger partial charge >= 0.3 is 0 Å². The second kappa shape index (κ2) is 5.02. The molecule has 0 saturated heterocycles. The van der Waals surface area contributed by atoms with Crippen LogP contribution in [0.25, 0.3) is 0 Å². The number of thiophene rings is 1. The van der Waals surface area contributed by atoms with Crippen LogP contribution in [-0.4, -0.2) is 6.54 Å². The lowest BCUT2D eigenvalue weighted by Gasteiger charge is -1.99. The molecule has 0 spiro atoms. The van der Waals surface area contributed by atoms with Gasteiger partial charge < -0.3 is 5.32 Å². The Morgan fingerprint density at radius 3 is 3.00 bits per heavy atom. The van der Waals surface area contributed by atoms with Crippen LogP contribution in [0.5, 0.6) is 0 Å². The van der Waals surface area contributed by atoms with E-state index in [9.17, 15) is 0 Å². The molecule has 0 saturated carbocycles. The van der Waals surface area contributed by atoms with E-state index in [4.69, 9.17) is 11.6 Å². The van der Waals surface area contributed by atoms with Crippen molar-refractivity contribution in [3.8, 4) is 0 Å². The van der Waals surface area contributed by atoms with E-state index in [0.29, 0.717) is 0 Å². The molecule has 0 aliphatic rings. The summed E-state index contributed by atoms with van der Waals surface area (Å²) in [5.41, 5.74) is 0. The molecular weight excluding hydrogens is 258 g/mol. The molecule has 0 fully saturated rings. The van der Waals surface area contributed by atoms with Gasteiger partial charge in [-0.1, -0.05) is 34.1 Å². The third-order valence-corrected chi connectivity index (χ3v) is 2.80. The summed E-state index contributed by atoms with van der Waals surface area (Å²) < 4.78 is 0.963. The van der Waals surface area contributed by atoms with E-state index in [1.165, 1.54) is 4.88 Å². The Kier molecular flexibility index (Phi) is 4.29. The summed E-state index contributed by atoms with van der Waals surface area (Å²) in [5, 5.41) is 5.97. The number of nitrogens with one attached hydrogen (secondary N) is 1. The molecular formula is C8H9BrClNS. The SMILES string of the molecule is C=C(Br)CNCc1cc(Cl)cs1. The van der Waals surface area contributed by atoms with Gasteiger partial charge in [-0.05, 0) is 6.07 Å². The van der Waals surface area contributed by atoms with Gasteiger partial charge in [-0.25, -0.2) is 0 Å². The van der Waals surface area contributed by atoms with Crippen molar-refractivity contribution in [2.75, 3.05) is 6.54 Å². The molecule has 66 valence electrons. The van der Waals surface area contributed by atoms with Crippen molar-refractivity contribution in [1.82, 2.24) is 5.32 Å². The summed E-state index contributed by atoms with van der Waals surface area (Å²) in [6, 6.07) is 1.97. The van der Waals surface area contributed by atoms with Crippen molar-refractivity contribution in [2.24, 2.45) is 0 Å². The second-order valence-electron chi connectivity index (χ2n) is 2.35. The fraction of sp³-hybridized carbons (Fsp3) is 0.250. The first kappa shape index (κ1) is 10.3. The van der Waals surface area contributed by atoms with Gasteiger partial charge in [0.05, 0.1) is 5.02 Å². The zero-order valence-electron chi connectivity index (χ0n) is 6.44. The van der Waals surface area contributed by atoms with Gasteiger partial charge in [0.1, 0.15) is 0 Å². The van der Waals surface area contributed by atoms with Gasteiger partial charge in [0.2, 0.25) is 0 Å². The lowest BCUT2D eigenvalue weighted by Crippen LogP contribution is -2.13. The van der Waals surface area contributed by atoms with E-state index in [-0.39, 0.29) is 0 Å². The second-order valence-corrected chi connectivity index (χ2v) is 4.91. The Balaban J connectivity index is 2.29. The number of hydrogen-bond acceptors (Lipinski definition) is 2. The highest BCUT2D eigenvalue weighted by molar-refractivity contribution is 9.11. The highest BCUT2D eigenvalue weighted by atomic mass is 79.9. The van der Waals surface area contributed by atoms with E-state index in [1.807, 2.05) is 11.4 Å². The Morgan fingerprint density at radius 2 is 2.50 bits per heavy atom. The predicted octanol–water partition coefficient (Wildman–Crippen LogP) is 3.40. The van der Waals surface area contributed by atoms with Crippen LogP contribution >= 0.6 is 38.9 Å². The standard InChI is InChI=1S/C8H9BrClNS/c1-6(9)3-11-4-8-2-7(10)5-12-8/h2,5,11H,1,3-4H2. The van der Waals surface area contributed by atoms with Crippen molar-refractivity contribution < 1.29 is 0 Å². The molecule has 1 nitrogen and oxygen atoms in total. The van der Waals surface area contributed by atoms with Crippen LogP contribution < -0.4 is 5.32 Å². The Morgan fingerprint density at radius 1 is 1.75 bits per heavy atom. The first-order valence-corrected chi connectivity index (χ1v) is 5.50. The zero-order chi connectivity index (χ0) is 8.97. The van der Waals surface area contributed by atoms with E-state index in [0.717, 1.165) is 22.6 Å². The fourth-order valence-electron chi connectivity index (χ4n) is 0.768. The molecule has 0 unspecified atom stereocenters. The van der Waals surface area contributed by atoms with Crippen LogP contribution in [0.3, 0.4) is 0 Å². The smallest absolute Gasteiger partial charge is 0.0516 e. The largest absolute Gasteiger partial charge is 0.307 e. The van der Waals surface area contributed by atoms with E-state index in [2.05, 4.69) is 27.8 Å². The van der Waals surface area contributed by atoms with Gasteiger partial charge in [0.25, 0.3) is 0 Å². The van der Waals surface area contributed by atoms with Crippen LogP contribution in [-0.2, 0) is 6.54 Å². The van der Waals surface area contributed by atoms with Crippen LogP contribution in [0, 0.1) is 0 Å². The molecule has 0 amide bonds. The monoisotopic (exact) mass is 265 g/mol. The lowest BCUT2D eigenvalue weighted by atomic mass is 10.4. The molecule has 0 atom stereocenters. The first-order chi connectivity index (χ1) is 5.68. The van der Waals surface area contributed by atoms with Gasteiger partial charge in [0, 0.05) is 27.8 Å². The van der Waals surface area contributed by atoms with Crippen molar-refractivity contribution >= 4 is 38.9 Å². The van der Waals surface area contributed by atoms with Gasteiger partial charge in [-0.15, -0.1) is 11.3 Å². The van der Waals surface area contributed by atoms with Crippen molar-refractivity contribution in [3.63, 3.8) is 0 Å². The Hall–Kier alpha value is 0.170. The Labute approximate surface area is 89.6 Å². The average molecular weight is 267 g/mol. The number of halogens is 2. The number of rotatable bonds is 4. The summed E-state index contributed by atoms with van der Waals surface area (Å²) in [4.78, 5) is 1.24. The van der Waals surface area contributed by atoms with Crippen molar-refractivity contribution in [3.05, 3.63) is 32.4 Å². The van der Waals surface area contributed by atoms with Crippen molar-refractivity contribution in [1.29, 1.82) is 0 Å². The molecule has 1 rings (SSSR count). The maximum Gasteiger partial charge on any atom is 0.0516 e. The number of hydrogen-bond donors (Lipinski definition) is 1. The molecule has 1 heterocycles. The first-order valence-electron chi connectivity index (χ1n) is 3.45. The third-order valence-electron chi connectivity index (χ3n) is 1.24. The average Bonchev–Trinajstić information content (AvgIpc) is 2.35.